The number of carbonyl (C=O) groups is 1. The molecule has 0 atom stereocenters. The van der Waals surface area contributed by atoms with E-state index in [1.807, 2.05) is 25.5 Å². The van der Waals surface area contributed by atoms with E-state index in [9.17, 15) is 4.79 Å². The van der Waals surface area contributed by atoms with Gasteiger partial charge in [0.1, 0.15) is 10.9 Å². The van der Waals surface area contributed by atoms with Crippen LogP contribution in [0.15, 0.2) is 22.3 Å². The lowest BCUT2D eigenvalue weighted by Crippen LogP contribution is -2.01. The van der Waals surface area contributed by atoms with Gasteiger partial charge in [-0.2, -0.15) is 0 Å². The maximum Gasteiger partial charge on any atom is 0.335 e. The van der Waals surface area contributed by atoms with E-state index < -0.39 is 5.97 Å². The number of carboxylic acid groups (broad SMARTS) is 1. The summed E-state index contributed by atoms with van der Waals surface area (Å²) in [6, 6.07) is 3.14. The van der Waals surface area contributed by atoms with Gasteiger partial charge in [-0.3, -0.25) is 0 Å². The van der Waals surface area contributed by atoms with Gasteiger partial charge in [0.25, 0.3) is 0 Å². The Labute approximate surface area is 114 Å². The van der Waals surface area contributed by atoms with Gasteiger partial charge >= 0.3 is 5.97 Å². The molecule has 19 heavy (non-hydrogen) atoms. The molecular formula is C12H14N4O2S. The molecule has 0 radical (unpaired) electrons. The number of nitrogens with zero attached hydrogens (tertiary/aromatic N) is 4. The molecule has 2 aromatic rings. The highest BCUT2D eigenvalue weighted by Crippen LogP contribution is 2.25. The largest absolute Gasteiger partial charge is 0.478 e. The van der Waals surface area contributed by atoms with Crippen molar-refractivity contribution >= 4 is 17.7 Å². The molecule has 1 N–H and O–H groups in total. The second-order valence-electron chi connectivity index (χ2n) is 4.03. The van der Waals surface area contributed by atoms with Crippen molar-refractivity contribution in [2.24, 2.45) is 7.05 Å². The minimum absolute atomic E-state index is 0.244. The quantitative estimate of drug-likeness (QED) is 0.920. The molecule has 2 heterocycles. The standard InChI is InChI=1S/C12H14N4O2S/c1-4-9-5-8(11(17)18)6-10(13-9)19-12-15-14-7(2)16(12)3/h5-6H,4H2,1-3H3,(H,17,18). The third-order valence-electron chi connectivity index (χ3n) is 2.71. The van der Waals surface area contributed by atoms with Gasteiger partial charge in [-0.1, -0.05) is 6.92 Å². The zero-order chi connectivity index (χ0) is 14.0. The van der Waals surface area contributed by atoms with Crippen LogP contribution in [0.3, 0.4) is 0 Å². The molecule has 0 aliphatic heterocycles. The molecule has 100 valence electrons. The van der Waals surface area contributed by atoms with E-state index in [2.05, 4.69) is 15.2 Å². The van der Waals surface area contributed by atoms with E-state index in [1.165, 1.54) is 11.8 Å². The average Bonchev–Trinajstić information content (AvgIpc) is 2.70. The number of pyridine rings is 1. The summed E-state index contributed by atoms with van der Waals surface area (Å²) in [4.78, 5) is 15.5. The molecule has 2 aromatic heterocycles. The fourth-order valence-electron chi connectivity index (χ4n) is 1.49. The van der Waals surface area contributed by atoms with E-state index in [0.717, 1.165) is 11.5 Å². The molecule has 0 fully saturated rings. The molecular weight excluding hydrogens is 264 g/mol. The van der Waals surface area contributed by atoms with Crippen LogP contribution in [0.25, 0.3) is 0 Å². The van der Waals surface area contributed by atoms with Gasteiger partial charge in [0, 0.05) is 12.7 Å². The third kappa shape index (κ3) is 2.93. The van der Waals surface area contributed by atoms with Crippen LogP contribution in [0.5, 0.6) is 0 Å². The fraction of sp³-hybridized carbons (Fsp3) is 0.333. The van der Waals surface area contributed by atoms with Gasteiger partial charge < -0.3 is 9.67 Å². The molecule has 0 unspecified atom stereocenters. The van der Waals surface area contributed by atoms with Crippen LogP contribution in [0.1, 0.15) is 28.8 Å². The van der Waals surface area contributed by atoms with Crippen LogP contribution in [0.2, 0.25) is 0 Å². The van der Waals surface area contributed by atoms with Gasteiger partial charge in [-0.25, -0.2) is 9.78 Å². The van der Waals surface area contributed by atoms with Gasteiger partial charge in [0.15, 0.2) is 5.16 Å². The van der Waals surface area contributed by atoms with Crippen molar-refractivity contribution in [2.75, 3.05) is 0 Å². The predicted octanol–water partition coefficient (Wildman–Crippen LogP) is 1.93. The minimum Gasteiger partial charge on any atom is -0.478 e. The summed E-state index contributed by atoms with van der Waals surface area (Å²) < 4.78 is 1.84. The summed E-state index contributed by atoms with van der Waals surface area (Å²) in [7, 11) is 1.86. The van der Waals surface area contributed by atoms with Crippen molar-refractivity contribution in [1.82, 2.24) is 19.7 Å². The zero-order valence-corrected chi connectivity index (χ0v) is 11.7. The minimum atomic E-state index is -0.951. The van der Waals surface area contributed by atoms with Gasteiger partial charge in [-0.15, -0.1) is 10.2 Å². The number of aromatic carboxylic acids is 1. The van der Waals surface area contributed by atoms with Crippen LogP contribution in [-0.4, -0.2) is 30.8 Å². The Hall–Kier alpha value is -1.89. The highest BCUT2D eigenvalue weighted by atomic mass is 32.2. The Kier molecular flexibility index (Phi) is 3.84. The third-order valence-corrected chi connectivity index (χ3v) is 3.67. The van der Waals surface area contributed by atoms with Gasteiger partial charge in [-0.05, 0) is 37.2 Å². The summed E-state index contributed by atoms with van der Waals surface area (Å²) in [5.74, 6) is -0.152. The normalized spacial score (nSPS) is 10.7. The number of rotatable bonds is 4. The number of aryl methyl sites for hydroxylation is 2. The zero-order valence-electron chi connectivity index (χ0n) is 10.9. The number of carboxylic acids is 1. The van der Waals surface area contributed by atoms with Crippen molar-refractivity contribution in [2.45, 2.75) is 30.5 Å². The number of hydrogen-bond acceptors (Lipinski definition) is 5. The molecule has 0 saturated carbocycles. The number of aromatic nitrogens is 4. The van der Waals surface area contributed by atoms with Gasteiger partial charge in [0.05, 0.1) is 5.56 Å². The molecule has 6 nitrogen and oxygen atoms in total. The molecule has 0 spiro atoms. The first kappa shape index (κ1) is 13.5. The topological polar surface area (TPSA) is 80.9 Å². The van der Waals surface area contributed by atoms with Crippen LogP contribution in [0.4, 0.5) is 0 Å². The lowest BCUT2D eigenvalue weighted by molar-refractivity contribution is 0.0696. The highest BCUT2D eigenvalue weighted by Gasteiger charge is 2.12. The molecule has 2 rings (SSSR count). The van der Waals surface area contributed by atoms with Crippen LogP contribution < -0.4 is 0 Å². The van der Waals surface area contributed by atoms with Gasteiger partial charge in [0.2, 0.25) is 0 Å². The Bertz CT molecular complexity index is 624. The van der Waals surface area contributed by atoms with E-state index in [0.29, 0.717) is 16.6 Å². The first-order chi connectivity index (χ1) is 9.01. The Morgan fingerprint density at radius 2 is 2.16 bits per heavy atom. The Morgan fingerprint density at radius 3 is 2.68 bits per heavy atom. The summed E-state index contributed by atoms with van der Waals surface area (Å²) in [5.41, 5.74) is 0.995. The lowest BCUT2D eigenvalue weighted by Gasteiger charge is -2.05. The molecule has 7 heteroatoms. The summed E-state index contributed by atoms with van der Waals surface area (Å²) in [5, 5.41) is 18.4. The van der Waals surface area contributed by atoms with Crippen molar-refractivity contribution in [3.05, 3.63) is 29.2 Å². The molecule has 0 saturated heterocycles. The Balaban J connectivity index is 2.36. The molecule has 0 aliphatic carbocycles. The predicted molar refractivity (Wildman–Crippen MR) is 70.4 cm³/mol. The van der Waals surface area contributed by atoms with E-state index in [4.69, 9.17) is 5.11 Å². The second kappa shape index (κ2) is 5.40. The maximum absolute atomic E-state index is 11.1. The van der Waals surface area contributed by atoms with Crippen molar-refractivity contribution < 1.29 is 9.90 Å². The van der Waals surface area contributed by atoms with E-state index in [-0.39, 0.29) is 5.56 Å². The first-order valence-electron chi connectivity index (χ1n) is 5.79. The van der Waals surface area contributed by atoms with Crippen molar-refractivity contribution in [3.8, 4) is 0 Å². The molecule has 0 aliphatic rings. The summed E-state index contributed by atoms with van der Waals surface area (Å²) >= 11 is 1.31. The van der Waals surface area contributed by atoms with Crippen LogP contribution in [0, 0.1) is 6.92 Å². The monoisotopic (exact) mass is 278 g/mol. The molecule has 0 aromatic carbocycles. The average molecular weight is 278 g/mol. The summed E-state index contributed by atoms with van der Waals surface area (Å²) in [6.07, 6.45) is 0.687. The maximum atomic E-state index is 11.1. The second-order valence-corrected chi connectivity index (χ2v) is 5.02. The van der Waals surface area contributed by atoms with Crippen LogP contribution >= 0.6 is 11.8 Å². The fourth-order valence-corrected chi connectivity index (χ4v) is 2.37. The Morgan fingerprint density at radius 1 is 1.42 bits per heavy atom. The number of hydrogen-bond donors (Lipinski definition) is 1. The lowest BCUT2D eigenvalue weighted by atomic mass is 10.2. The first-order valence-corrected chi connectivity index (χ1v) is 6.61. The van der Waals surface area contributed by atoms with Crippen molar-refractivity contribution in [1.29, 1.82) is 0 Å². The highest BCUT2D eigenvalue weighted by molar-refractivity contribution is 7.99. The van der Waals surface area contributed by atoms with Crippen LogP contribution in [-0.2, 0) is 13.5 Å². The molecule has 0 bridgehead atoms. The van der Waals surface area contributed by atoms with E-state index in [1.54, 1.807) is 12.1 Å². The van der Waals surface area contributed by atoms with Crippen molar-refractivity contribution in [3.63, 3.8) is 0 Å². The van der Waals surface area contributed by atoms with E-state index >= 15 is 0 Å². The SMILES string of the molecule is CCc1cc(C(=O)O)cc(Sc2nnc(C)n2C)n1. The summed E-state index contributed by atoms with van der Waals surface area (Å²) in [6.45, 7) is 3.80. The molecule has 0 amide bonds. The smallest absolute Gasteiger partial charge is 0.335 e.